The third-order valence-corrected chi connectivity index (χ3v) is 5.94. The van der Waals surface area contributed by atoms with E-state index < -0.39 is 0 Å². The van der Waals surface area contributed by atoms with Crippen molar-refractivity contribution in [3.63, 3.8) is 0 Å². The van der Waals surface area contributed by atoms with E-state index in [9.17, 15) is 0 Å². The number of benzene rings is 4. The molecule has 1 saturated heterocycles. The van der Waals surface area contributed by atoms with E-state index in [1.807, 2.05) is 0 Å². The molecule has 2 atom stereocenters. The fraction of sp³-hybridized carbons (Fsp3) is 0.143. The highest BCUT2D eigenvalue weighted by atomic mass is 15.1. The highest BCUT2D eigenvalue weighted by Crippen LogP contribution is 2.34. The van der Waals surface area contributed by atoms with Gasteiger partial charge in [0.15, 0.2) is 0 Å². The van der Waals surface area contributed by atoms with E-state index in [1.165, 1.54) is 33.4 Å². The Balaban J connectivity index is 1.54. The summed E-state index contributed by atoms with van der Waals surface area (Å²) >= 11 is 0. The third-order valence-electron chi connectivity index (χ3n) is 5.94. The smallest absolute Gasteiger partial charge is 0.0463 e. The minimum Gasteiger partial charge on any atom is -0.297 e. The topological polar surface area (TPSA) is 24.1 Å². The first-order valence-electron chi connectivity index (χ1n) is 10.6. The molecule has 1 aliphatic rings. The fourth-order valence-corrected chi connectivity index (χ4v) is 4.35. The Morgan fingerprint density at radius 1 is 0.467 bits per heavy atom. The second-order valence-corrected chi connectivity index (χ2v) is 7.91. The van der Waals surface area contributed by atoms with Crippen LogP contribution in [-0.4, -0.2) is 6.67 Å². The minimum atomic E-state index is 0.308. The van der Waals surface area contributed by atoms with Gasteiger partial charge in [-0.1, -0.05) is 91.0 Å². The van der Waals surface area contributed by atoms with Gasteiger partial charge in [0, 0.05) is 18.8 Å². The van der Waals surface area contributed by atoms with Gasteiger partial charge in [0.2, 0.25) is 0 Å². The van der Waals surface area contributed by atoms with Gasteiger partial charge in [-0.25, -0.2) is 0 Å². The van der Waals surface area contributed by atoms with Gasteiger partial charge in [0.1, 0.15) is 0 Å². The molecule has 0 aromatic heterocycles. The largest absolute Gasteiger partial charge is 0.297 e. The van der Waals surface area contributed by atoms with Crippen molar-refractivity contribution in [2.45, 2.75) is 18.5 Å². The molecule has 0 saturated carbocycles. The first-order chi connectivity index (χ1) is 14.9. The van der Waals surface area contributed by atoms with Crippen LogP contribution in [0.25, 0.3) is 22.3 Å². The van der Waals surface area contributed by atoms with Gasteiger partial charge < -0.3 is 0 Å². The quantitative estimate of drug-likeness (QED) is 0.425. The van der Waals surface area contributed by atoms with Gasteiger partial charge in [-0.15, -0.1) is 0 Å². The maximum Gasteiger partial charge on any atom is 0.0463 e. The number of nitrogens with one attached hydrogen (secondary N) is 2. The molecule has 1 fully saturated rings. The normalized spacial score (nSPS) is 18.8. The lowest BCUT2D eigenvalue weighted by Gasteiger charge is -2.32. The van der Waals surface area contributed by atoms with Crippen molar-refractivity contribution in [3.8, 4) is 22.3 Å². The molecular formula is C28H26N2. The molecular weight excluding hydrogens is 364 g/mol. The van der Waals surface area contributed by atoms with Gasteiger partial charge in [-0.3, -0.25) is 10.6 Å². The van der Waals surface area contributed by atoms with Crippen LogP contribution in [0.5, 0.6) is 0 Å². The standard InChI is InChI=1S/C28H26N2/c1-4-10-21(11-5-1)24-16-25(22-12-6-2-7-13-22)18-26(17-24)28-19-27(29-20-30-28)23-14-8-3-9-15-23/h1-18,27-30H,19-20H2. The van der Waals surface area contributed by atoms with Crippen LogP contribution in [0, 0.1) is 0 Å². The lowest BCUT2D eigenvalue weighted by atomic mass is 9.89. The predicted octanol–water partition coefficient (Wildman–Crippen LogP) is 6.34. The molecule has 148 valence electrons. The lowest BCUT2D eigenvalue weighted by molar-refractivity contribution is 0.324. The molecule has 5 rings (SSSR count). The van der Waals surface area contributed by atoms with Gasteiger partial charge in [0.25, 0.3) is 0 Å². The molecule has 2 N–H and O–H groups in total. The first-order valence-corrected chi connectivity index (χ1v) is 10.6. The van der Waals surface area contributed by atoms with E-state index in [4.69, 9.17) is 0 Å². The van der Waals surface area contributed by atoms with Crippen LogP contribution >= 0.6 is 0 Å². The number of hydrogen-bond acceptors (Lipinski definition) is 2. The predicted molar refractivity (Wildman–Crippen MR) is 125 cm³/mol. The Morgan fingerprint density at radius 2 is 0.933 bits per heavy atom. The average molecular weight is 391 g/mol. The van der Waals surface area contributed by atoms with Crippen LogP contribution < -0.4 is 10.6 Å². The summed E-state index contributed by atoms with van der Waals surface area (Å²) in [6.07, 6.45) is 1.02. The highest BCUT2D eigenvalue weighted by Gasteiger charge is 2.24. The molecule has 0 spiro atoms. The van der Waals surface area contributed by atoms with Crippen LogP contribution in [0.2, 0.25) is 0 Å². The average Bonchev–Trinajstić information content (AvgIpc) is 2.85. The van der Waals surface area contributed by atoms with Crippen molar-refractivity contribution in [2.24, 2.45) is 0 Å². The second kappa shape index (κ2) is 8.66. The van der Waals surface area contributed by atoms with E-state index in [0.29, 0.717) is 12.1 Å². The van der Waals surface area contributed by atoms with E-state index in [-0.39, 0.29) is 0 Å². The van der Waals surface area contributed by atoms with Crippen LogP contribution in [-0.2, 0) is 0 Å². The molecule has 2 unspecified atom stereocenters. The Hall–Kier alpha value is -3.20. The van der Waals surface area contributed by atoms with E-state index >= 15 is 0 Å². The van der Waals surface area contributed by atoms with Crippen LogP contribution in [0.15, 0.2) is 109 Å². The summed E-state index contributed by atoms with van der Waals surface area (Å²) in [7, 11) is 0. The minimum absolute atomic E-state index is 0.308. The number of hydrogen-bond donors (Lipinski definition) is 2. The fourth-order valence-electron chi connectivity index (χ4n) is 4.35. The van der Waals surface area contributed by atoms with Crippen molar-refractivity contribution >= 4 is 0 Å². The van der Waals surface area contributed by atoms with Gasteiger partial charge in [0.05, 0.1) is 0 Å². The summed E-state index contributed by atoms with van der Waals surface area (Å²) in [6, 6.07) is 39.8. The van der Waals surface area contributed by atoms with Crippen LogP contribution in [0.4, 0.5) is 0 Å². The summed E-state index contributed by atoms with van der Waals surface area (Å²) in [5, 5.41) is 7.30. The van der Waals surface area contributed by atoms with Gasteiger partial charge >= 0.3 is 0 Å². The third kappa shape index (κ3) is 4.06. The van der Waals surface area contributed by atoms with Crippen molar-refractivity contribution in [1.29, 1.82) is 0 Å². The zero-order chi connectivity index (χ0) is 20.2. The van der Waals surface area contributed by atoms with E-state index in [1.54, 1.807) is 0 Å². The Kier molecular flexibility index (Phi) is 5.43. The molecule has 0 bridgehead atoms. The summed E-state index contributed by atoms with van der Waals surface area (Å²) in [6.45, 7) is 0.806. The van der Waals surface area contributed by atoms with E-state index in [2.05, 4.69) is 120 Å². The van der Waals surface area contributed by atoms with Crippen molar-refractivity contribution in [1.82, 2.24) is 10.6 Å². The maximum atomic E-state index is 3.68. The molecule has 0 radical (unpaired) electrons. The Bertz CT molecular complexity index is 1030. The molecule has 0 amide bonds. The van der Waals surface area contributed by atoms with Gasteiger partial charge in [-0.2, -0.15) is 0 Å². The molecule has 0 aliphatic carbocycles. The Morgan fingerprint density at radius 3 is 1.47 bits per heavy atom. The Labute approximate surface area is 178 Å². The van der Waals surface area contributed by atoms with E-state index in [0.717, 1.165) is 13.1 Å². The summed E-state index contributed by atoms with van der Waals surface area (Å²) in [4.78, 5) is 0. The second-order valence-electron chi connectivity index (χ2n) is 7.91. The molecule has 1 aliphatic heterocycles. The SMILES string of the molecule is c1ccc(-c2cc(-c3ccccc3)cc(C3CC(c4ccccc4)NCN3)c2)cc1. The summed E-state index contributed by atoms with van der Waals surface area (Å²) < 4.78 is 0. The van der Waals surface area contributed by atoms with Gasteiger partial charge in [-0.05, 0) is 58.0 Å². The van der Waals surface area contributed by atoms with Crippen molar-refractivity contribution in [2.75, 3.05) is 6.67 Å². The zero-order valence-corrected chi connectivity index (χ0v) is 17.0. The maximum absolute atomic E-state index is 3.68. The number of rotatable bonds is 4. The molecule has 30 heavy (non-hydrogen) atoms. The molecule has 2 nitrogen and oxygen atoms in total. The first kappa shape index (κ1) is 18.8. The van der Waals surface area contributed by atoms with Crippen LogP contribution in [0.1, 0.15) is 29.6 Å². The highest BCUT2D eigenvalue weighted by molar-refractivity contribution is 5.74. The summed E-state index contributed by atoms with van der Waals surface area (Å²) in [5.41, 5.74) is 7.74. The summed E-state index contributed by atoms with van der Waals surface area (Å²) in [5.74, 6) is 0. The molecule has 4 aromatic rings. The van der Waals surface area contributed by atoms with Crippen molar-refractivity contribution in [3.05, 3.63) is 120 Å². The zero-order valence-electron chi connectivity index (χ0n) is 17.0. The van der Waals surface area contributed by atoms with Crippen molar-refractivity contribution < 1.29 is 0 Å². The molecule has 2 heteroatoms. The molecule has 1 heterocycles. The monoisotopic (exact) mass is 390 g/mol. The van der Waals surface area contributed by atoms with Crippen LogP contribution in [0.3, 0.4) is 0 Å². The molecule has 4 aromatic carbocycles. The lowest BCUT2D eigenvalue weighted by Crippen LogP contribution is -2.42.